The molecule has 7 nitrogen and oxygen atoms in total. The van der Waals surface area contributed by atoms with Crippen LogP contribution in [0.1, 0.15) is 49.2 Å². The van der Waals surface area contributed by atoms with Gasteiger partial charge in [-0.3, -0.25) is 14.2 Å². The third kappa shape index (κ3) is 3.63. The van der Waals surface area contributed by atoms with Crippen molar-refractivity contribution in [2.24, 2.45) is 5.92 Å². The molecule has 0 bridgehead atoms. The Bertz CT molecular complexity index is 1350. The molecule has 0 aliphatic heterocycles. The first-order valence-corrected chi connectivity index (χ1v) is 11.3. The molecule has 1 amide bonds. The van der Waals surface area contributed by atoms with Crippen molar-refractivity contribution < 1.29 is 9.59 Å². The van der Waals surface area contributed by atoms with Gasteiger partial charge in [0, 0.05) is 24.3 Å². The molecule has 1 aliphatic rings. The predicted molar refractivity (Wildman–Crippen MR) is 129 cm³/mol. The molecule has 0 unspecified atom stereocenters. The number of hydrogen-bond donors (Lipinski definition) is 2. The van der Waals surface area contributed by atoms with Crippen LogP contribution in [0.5, 0.6) is 0 Å². The number of amides is 1. The number of rotatable bonds is 5. The van der Waals surface area contributed by atoms with Gasteiger partial charge in [-0.2, -0.15) is 0 Å². The van der Waals surface area contributed by atoms with Crippen molar-refractivity contribution in [1.82, 2.24) is 19.9 Å². The molecule has 1 saturated carbocycles. The van der Waals surface area contributed by atoms with E-state index in [1.807, 2.05) is 42.5 Å². The number of carbonyl (C=O) groups is 2. The van der Waals surface area contributed by atoms with Crippen LogP contribution in [0.2, 0.25) is 0 Å². The number of hydrogen-bond acceptors (Lipinski definition) is 5. The minimum absolute atomic E-state index is 0.0442. The first-order chi connectivity index (χ1) is 15.9. The molecule has 2 aromatic heterocycles. The number of nitrogens with zero attached hydrogens (tertiary/aromatic N) is 3. The number of nitrogen functional groups attached to an aromatic ring is 1. The van der Waals surface area contributed by atoms with Crippen LogP contribution >= 0.6 is 0 Å². The second-order valence-corrected chi connectivity index (χ2v) is 9.30. The Labute approximate surface area is 192 Å². The van der Waals surface area contributed by atoms with Crippen molar-refractivity contribution in [3.05, 3.63) is 66.1 Å². The fourth-order valence-electron chi connectivity index (χ4n) is 4.57. The second-order valence-electron chi connectivity index (χ2n) is 9.30. The van der Waals surface area contributed by atoms with Gasteiger partial charge < -0.3 is 11.1 Å². The Morgan fingerprint density at radius 3 is 2.39 bits per heavy atom. The van der Waals surface area contributed by atoms with Gasteiger partial charge in [0.2, 0.25) is 11.9 Å². The summed E-state index contributed by atoms with van der Waals surface area (Å²) in [7, 11) is 0. The lowest BCUT2D eigenvalue weighted by molar-refractivity contribution is -0.130. The highest BCUT2D eigenvalue weighted by Crippen LogP contribution is 2.45. The maximum absolute atomic E-state index is 13.5. The second kappa shape index (κ2) is 7.99. The summed E-state index contributed by atoms with van der Waals surface area (Å²) in [6.07, 6.45) is 6.14. The summed E-state index contributed by atoms with van der Waals surface area (Å²) in [5.41, 5.74) is 7.08. The first kappa shape index (κ1) is 21.1. The maximum atomic E-state index is 13.5. The van der Waals surface area contributed by atoms with Crippen LogP contribution in [0.15, 0.2) is 54.9 Å². The van der Waals surface area contributed by atoms with E-state index < -0.39 is 5.41 Å². The van der Waals surface area contributed by atoms with Crippen molar-refractivity contribution >= 4 is 39.4 Å². The average molecular weight is 442 g/mol. The molecule has 33 heavy (non-hydrogen) atoms. The fraction of sp³-hybridized carbons (Fsp3) is 0.308. The summed E-state index contributed by atoms with van der Waals surface area (Å²) in [4.78, 5) is 35.3. The molecule has 3 N–H and O–H groups in total. The van der Waals surface area contributed by atoms with Crippen LogP contribution < -0.4 is 11.1 Å². The zero-order chi connectivity index (χ0) is 23.2. The van der Waals surface area contributed by atoms with Crippen molar-refractivity contribution in [1.29, 1.82) is 0 Å². The lowest BCUT2D eigenvalue weighted by Gasteiger charge is -2.41. The molecule has 5 rings (SSSR count). The van der Waals surface area contributed by atoms with E-state index in [1.165, 1.54) is 4.57 Å². The molecule has 0 saturated heterocycles. The molecule has 4 aromatic rings. The first-order valence-electron chi connectivity index (χ1n) is 11.3. The summed E-state index contributed by atoms with van der Waals surface area (Å²) in [6, 6.07) is 13.5. The van der Waals surface area contributed by atoms with Gasteiger partial charge in [-0.1, -0.05) is 50.6 Å². The third-order valence-electron chi connectivity index (χ3n) is 6.57. The van der Waals surface area contributed by atoms with Crippen LogP contribution in [0.4, 0.5) is 5.95 Å². The van der Waals surface area contributed by atoms with E-state index in [-0.39, 0.29) is 23.5 Å². The molecular formula is C26H27N5O2. The van der Waals surface area contributed by atoms with E-state index >= 15 is 0 Å². The predicted octanol–water partition coefficient (Wildman–Crippen LogP) is 4.05. The highest BCUT2D eigenvalue weighted by Gasteiger charge is 2.45. The standard InChI is InChI=1S/C26H27N5O2/c1-16(2)13-28-24(33)26(10-5-11-26)19-8-9-21-20(12-19)22(30-25(27)29-21)23(32)31-14-17-6-3-4-7-18(17)15-31/h3-4,6-9,12,14-16H,5,10-11,13H2,1-2H3,(H,28,33)(H2,27,29,30). The molecule has 2 heterocycles. The van der Waals surface area contributed by atoms with E-state index in [0.717, 1.165) is 35.6 Å². The molecule has 2 aromatic carbocycles. The largest absolute Gasteiger partial charge is 0.368 e. The Morgan fingerprint density at radius 2 is 1.79 bits per heavy atom. The van der Waals surface area contributed by atoms with Crippen LogP contribution in [0.3, 0.4) is 0 Å². The lowest BCUT2D eigenvalue weighted by Crippen LogP contribution is -2.50. The topological polar surface area (TPSA) is 103 Å². The molecule has 168 valence electrons. The van der Waals surface area contributed by atoms with Gasteiger partial charge >= 0.3 is 0 Å². The normalized spacial score (nSPS) is 15.0. The van der Waals surface area contributed by atoms with Gasteiger partial charge in [-0.05, 0) is 47.2 Å². The van der Waals surface area contributed by atoms with Crippen LogP contribution in [0.25, 0.3) is 21.7 Å². The van der Waals surface area contributed by atoms with Gasteiger partial charge in [-0.15, -0.1) is 0 Å². The molecule has 0 atom stereocenters. The van der Waals surface area contributed by atoms with Gasteiger partial charge in [-0.25, -0.2) is 9.97 Å². The molecule has 1 fully saturated rings. The minimum atomic E-state index is -0.576. The van der Waals surface area contributed by atoms with E-state index in [0.29, 0.717) is 23.4 Å². The van der Waals surface area contributed by atoms with E-state index in [9.17, 15) is 9.59 Å². The van der Waals surface area contributed by atoms with E-state index in [2.05, 4.69) is 29.1 Å². The third-order valence-corrected chi connectivity index (χ3v) is 6.57. The van der Waals surface area contributed by atoms with Crippen molar-refractivity contribution in [2.45, 2.75) is 38.5 Å². The van der Waals surface area contributed by atoms with E-state index in [1.54, 1.807) is 12.4 Å². The minimum Gasteiger partial charge on any atom is -0.368 e. The quantitative estimate of drug-likeness (QED) is 0.486. The van der Waals surface area contributed by atoms with E-state index in [4.69, 9.17) is 5.73 Å². The lowest BCUT2D eigenvalue weighted by atomic mass is 9.63. The number of anilines is 1. The number of carbonyl (C=O) groups excluding carboxylic acids is 2. The van der Waals surface area contributed by atoms with Crippen molar-refractivity contribution in [3.63, 3.8) is 0 Å². The Hall–Kier alpha value is -3.74. The van der Waals surface area contributed by atoms with Crippen LogP contribution in [-0.2, 0) is 10.2 Å². The smallest absolute Gasteiger partial charge is 0.281 e. The summed E-state index contributed by atoms with van der Waals surface area (Å²) >= 11 is 0. The maximum Gasteiger partial charge on any atom is 0.281 e. The average Bonchev–Trinajstić information content (AvgIpc) is 3.20. The Morgan fingerprint density at radius 1 is 1.09 bits per heavy atom. The summed E-state index contributed by atoms with van der Waals surface area (Å²) in [5.74, 6) is 0.181. The molecular weight excluding hydrogens is 414 g/mol. The molecule has 0 radical (unpaired) electrons. The zero-order valence-electron chi connectivity index (χ0n) is 18.8. The molecule has 0 spiro atoms. The molecule has 7 heteroatoms. The number of nitrogens with two attached hydrogens (primary N) is 1. The summed E-state index contributed by atoms with van der Waals surface area (Å²) in [5, 5.41) is 5.63. The van der Waals surface area contributed by atoms with Gasteiger partial charge in [0.05, 0.1) is 10.9 Å². The monoisotopic (exact) mass is 441 g/mol. The Balaban J connectivity index is 1.59. The number of benzene rings is 2. The van der Waals surface area contributed by atoms with Crippen molar-refractivity contribution in [3.8, 4) is 0 Å². The number of nitrogens with one attached hydrogen (secondary N) is 1. The zero-order valence-corrected chi connectivity index (χ0v) is 18.8. The summed E-state index contributed by atoms with van der Waals surface area (Å²) in [6.45, 7) is 4.79. The van der Waals surface area contributed by atoms with Crippen LogP contribution in [0, 0.1) is 5.92 Å². The number of fused-ring (bicyclic) bond motifs is 2. The highest BCUT2D eigenvalue weighted by atomic mass is 16.2. The van der Waals surface area contributed by atoms with Crippen LogP contribution in [-0.4, -0.2) is 32.9 Å². The fourth-order valence-corrected chi connectivity index (χ4v) is 4.57. The van der Waals surface area contributed by atoms with Gasteiger partial charge in [0.25, 0.3) is 5.91 Å². The Kier molecular flexibility index (Phi) is 5.12. The summed E-state index contributed by atoms with van der Waals surface area (Å²) < 4.78 is 1.53. The SMILES string of the molecule is CC(C)CNC(=O)C1(c2ccc3nc(N)nc(C(=O)n4cc5ccccc5c4)c3c2)CCC1. The molecule has 1 aliphatic carbocycles. The van der Waals surface area contributed by atoms with Gasteiger partial charge in [0.1, 0.15) is 5.69 Å². The highest BCUT2D eigenvalue weighted by molar-refractivity contribution is 6.07. The number of aromatic nitrogens is 3. The van der Waals surface area contributed by atoms with Gasteiger partial charge in [0.15, 0.2) is 0 Å². The van der Waals surface area contributed by atoms with Crippen molar-refractivity contribution in [2.75, 3.05) is 12.3 Å².